The molecule has 1 aliphatic rings. The monoisotopic (exact) mass is 202 g/mol. The molecule has 1 rings (SSSR count). The lowest BCUT2D eigenvalue weighted by atomic mass is 10.2. The highest BCUT2D eigenvalue weighted by atomic mass is 32.1. The van der Waals surface area contributed by atoms with Crippen molar-refractivity contribution in [3.8, 4) is 0 Å². The third kappa shape index (κ3) is 3.48. The first kappa shape index (κ1) is 10.7. The van der Waals surface area contributed by atoms with Crippen molar-refractivity contribution in [3.05, 3.63) is 0 Å². The van der Waals surface area contributed by atoms with E-state index in [-0.39, 0.29) is 6.10 Å². The summed E-state index contributed by atoms with van der Waals surface area (Å²) in [5.41, 5.74) is 0. The zero-order valence-electron chi connectivity index (χ0n) is 8.29. The molecular formula is C9H18N2OS. The first-order chi connectivity index (χ1) is 6.09. The molecule has 0 unspecified atom stereocenters. The van der Waals surface area contributed by atoms with E-state index >= 15 is 0 Å². The SMILES string of the molecule is CC(C)CNC(=S)N1CC[C@@H](O)C1. The molecule has 0 bridgehead atoms. The van der Waals surface area contributed by atoms with Gasteiger partial charge >= 0.3 is 0 Å². The van der Waals surface area contributed by atoms with Crippen LogP contribution in [0.25, 0.3) is 0 Å². The minimum absolute atomic E-state index is 0.196. The van der Waals surface area contributed by atoms with Crippen molar-refractivity contribution in [2.75, 3.05) is 19.6 Å². The Kier molecular flexibility index (Phi) is 3.93. The van der Waals surface area contributed by atoms with Crippen molar-refractivity contribution in [3.63, 3.8) is 0 Å². The summed E-state index contributed by atoms with van der Waals surface area (Å²) in [6, 6.07) is 0. The fourth-order valence-corrected chi connectivity index (χ4v) is 1.58. The average Bonchev–Trinajstić information content (AvgIpc) is 2.47. The maximum Gasteiger partial charge on any atom is 0.169 e. The van der Waals surface area contributed by atoms with Crippen molar-refractivity contribution in [2.45, 2.75) is 26.4 Å². The second kappa shape index (κ2) is 4.77. The number of hydrogen-bond donors (Lipinski definition) is 2. The van der Waals surface area contributed by atoms with Gasteiger partial charge in [0.1, 0.15) is 0 Å². The van der Waals surface area contributed by atoms with E-state index in [0.29, 0.717) is 12.5 Å². The summed E-state index contributed by atoms with van der Waals surface area (Å²) in [4.78, 5) is 2.03. The standard InChI is InChI=1S/C9H18N2OS/c1-7(2)5-10-9(13)11-4-3-8(12)6-11/h7-8,12H,3-6H2,1-2H3,(H,10,13)/t8-/m1/s1. The fraction of sp³-hybridized carbons (Fsp3) is 0.889. The smallest absolute Gasteiger partial charge is 0.169 e. The van der Waals surface area contributed by atoms with Gasteiger partial charge in [-0.25, -0.2) is 0 Å². The molecule has 0 amide bonds. The summed E-state index contributed by atoms with van der Waals surface area (Å²) < 4.78 is 0. The topological polar surface area (TPSA) is 35.5 Å². The molecule has 1 fully saturated rings. The Bertz CT molecular complexity index is 184. The lowest BCUT2D eigenvalue weighted by Crippen LogP contribution is -2.40. The first-order valence-corrected chi connectivity index (χ1v) is 5.21. The largest absolute Gasteiger partial charge is 0.391 e. The van der Waals surface area contributed by atoms with E-state index in [1.807, 2.05) is 4.90 Å². The molecule has 4 heteroatoms. The van der Waals surface area contributed by atoms with Crippen molar-refractivity contribution < 1.29 is 5.11 Å². The molecule has 2 N–H and O–H groups in total. The van der Waals surface area contributed by atoms with Crippen LogP contribution in [0.1, 0.15) is 20.3 Å². The third-order valence-electron chi connectivity index (χ3n) is 2.11. The quantitative estimate of drug-likeness (QED) is 0.642. The highest BCUT2D eigenvalue weighted by Crippen LogP contribution is 2.08. The van der Waals surface area contributed by atoms with Crippen LogP contribution < -0.4 is 5.32 Å². The van der Waals surface area contributed by atoms with E-state index in [1.54, 1.807) is 0 Å². The molecule has 76 valence electrons. The summed E-state index contributed by atoms with van der Waals surface area (Å²) in [7, 11) is 0. The van der Waals surface area contributed by atoms with Crippen molar-refractivity contribution in [2.24, 2.45) is 5.92 Å². The van der Waals surface area contributed by atoms with E-state index in [0.717, 1.165) is 24.6 Å². The van der Waals surface area contributed by atoms with Gasteiger partial charge in [0.25, 0.3) is 0 Å². The maximum absolute atomic E-state index is 9.30. The number of aliphatic hydroxyl groups excluding tert-OH is 1. The zero-order chi connectivity index (χ0) is 9.84. The summed E-state index contributed by atoms with van der Waals surface area (Å²) in [6.07, 6.45) is 0.641. The van der Waals surface area contributed by atoms with Gasteiger partial charge in [-0.15, -0.1) is 0 Å². The minimum Gasteiger partial charge on any atom is -0.391 e. The highest BCUT2D eigenvalue weighted by molar-refractivity contribution is 7.80. The molecule has 0 spiro atoms. The van der Waals surface area contributed by atoms with Gasteiger partial charge in [0.05, 0.1) is 6.10 Å². The van der Waals surface area contributed by atoms with Gasteiger partial charge in [-0.05, 0) is 24.6 Å². The number of likely N-dealkylation sites (tertiary alicyclic amines) is 1. The average molecular weight is 202 g/mol. The Labute approximate surface area is 85.1 Å². The number of β-amino-alcohol motifs (C(OH)–C–C–N with tert-alkyl or cyclic N) is 1. The Hall–Kier alpha value is -0.350. The van der Waals surface area contributed by atoms with E-state index in [1.165, 1.54) is 0 Å². The second-order valence-corrected chi connectivity index (χ2v) is 4.36. The molecule has 1 heterocycles. The highest BCUT2D eigenvalue weighted by Gasteiger charge is 2.21. The molecule has 1 saturated heterocycles. The van der Waals surface area contributed by atoms with Crippen LogP contribution in [-0.4, -0.2) is 40.9 Å². The minimum atomic E-state index is -0.196. The number of thiocarbonyl (C=S) groups is 1. The lowest BCUT2D eigenvalue weighted by Gasteiger charge is -2.20. The van der Waals surface area contributed by atoms with Crippen LogP contribution in [0.3, 0.4) is 0 Å². The number of hydrogen-bond acceptors (Lipinski definition) is 2. The van der Waals surface area contributed by atoms with Crippen LogP contribution in [-0.2, 0) is 0 Å². The predicted octanol–water partition coefficient (Wildman–Crippen LogP) is 0.583. The van der Waals surface area contributed by atoms with E-state index in [9.17, 15) is 5.11 Å². The van der Waals surface area contributed by atoms with Crippen molar-refractivity contribution >= 4 is 17.3 Å². The van der Waals surface area contributed by atoms with E-state index in [2.05, 4.69) is 19.2 Å². The summed E-state index contributed by atoms with van der Waals surface area (Å²) in [5, 5.41) is 13.3. The maximum atomic E-state index is 9.30. The van der Waals surface area contributed by atoms with Gasteiger partial charge < -0.3 is 15.3 Å². The fourth-order valence-electron chi connectivity index (χ4n) is 1.33. The van der Waals surface area contributed by atoms with E-state index < -0.39 is 0 Å². The summed E-state index contributed by atoms with van der Waals surface area (Å²) in [6.45, 7) is 6.77. The summed E-state index contributed by atoms with van der Waals surface area (Å²) in [5.74, 6) is 0.602. The van der Waals surface area contributed by atoms with Crippen molar-refractivity contribution in [1.82, 2.24) is 10.2 Å². The van der Waals surface area contributed by atoms with Crippen LogP contribution in [0, 0.1) is 5.92 Å². The molecule has 0 aromatic carbocycles. The Morgan fingerprint density at radius 3 is 2.85 bits per heavy atom. The van der Waals surface area contributed by atoms with Gasteiger partial charge in [0.2, 0.25) is 0 Å². The van der Waals surface area contributed by atoms with Crippen LogP contribution >= 0.6 is 12.2 Å². The Morgan fingerprint density at radius 1 is 1.69 bits per heavy atom. The summed E-state index contributed by atoms with van der Waals surface area (Å²) >= 11 is 5.19. The number of rotatable bonds is 2. The van der Waals surface area contributed by atoms with Crippen LogP contribution in [0.4, 0.5) is 0 Å². The van der Waals surface area contributed by atoms with Crippen LogP contribution in [0.2, 0.25) is 0 Å². The Morgan fingerprint density at radius 2 is 2.38 bits per heavy atom. The molecule has 0 radical (unpaired) electrons. The second-order valence-electron chi connectivity index (χ2n) is 3.97. The molecular weight excluding hydrogens is 184 g/mol. The van der Waals surface area contributed by atoms with Gasteiger partial charge in [-0.3, -0.25) is 0 Å². The zero-order valence-corrected chi connectivity index (χ0v) is 9.10. The van der Waals surface area contributed by atoms with Crippen LogP contribution in [0.5, 0.6) is 0 Å². The number of aliphatic hydroxyl groups is 1. The van der Waals surface area contributed by atoms with Gasteiger partial charge in [-0.2, -0.15) is 0 Å². The van der Waals surface area contributed by atoms with E-state index in [4.69, 9.17) is 12.2 Å². The Balaban J connectivity index is 2.24. The molecule has 0 saturated carbocycles. The molecule has 13 heavy (non-hydrogen) atoms. The molecule has 0 aliphatic carbocycles. The predicted molar refractivity (Wildman–Crippen MR) is 57.6 cm³/mol. The first-order valence-electron chi connectivity index (χ1n) is 4.80. The van der Waals surface area contributed by atoms with Crippen molar-refractivity contribution in [1.29, 1.82) is 0 Å². The molecule has 3 nitrogen and oxygen atoms in total. The third-order valence-corrected chi connectivity index (χ3v) is 2.51. The van der Waals surface area contributed by atoms with Crippen LogP contribution in [0.15, 0.2) is 0 Å². The molecule has 0 aromatic rings. The molecule has 1 atom stereocenters. The van der Waals surface area contributed by atoms with Gasteiger partial charge in [-0.1, -0.05) is 13.8 Å². The number of nitrogens with one attached hydrogen (secondary N) is 1. The van der Waals surface area contributed by atoms with Gasteiger partial charge in [0, 0.05) is 19.6 Å². The number of nitrogens with zero attached hydrogens (tertiary/aromatic N) is 1. The molecule has 0 aromatic heterocycles. The molecule has 1 aliphatic heterocycles. The van der Waals surface area contributed by atoms with Gasteiger partial charge in [0.15, 0.2) is 5.11 Å². The normalized spacial score (nSPS) is 22.5. The lowest BCUT2D eigenvalue weighted by molar-refractivity contribution is 0.188.